The molecule has 2 aromatic carbocycles. The van der Waals surface area contributed by atoms with Crippen molar-refractivity contribution in [3.8, 4) is 11.5 Å². The quantitative estimate of drug-likeness (QED) is 0.595. The van der Waals surface area contributed by atoms with Crippen molar-refractivity contribution in [1.29, 1.82) is 0 Å². The Kier molecular flexibility index (Phi) is 4.24. The average Bonchev–Trinajstić information content (AvgIpc) is 3.32. The number of benzene rings is 2. The molecule has 2 aliphatic rings. The minimum atomic E-state index is 0.317. The molecule has 0 fully saturated rings. The van der Waals surface area contributed by atoms with Gasteiger partial charge in [0.25, 0.3) is 0 Å². The maximum absolute atomic E-state index is 5.59. The van der Waals surface area contributed by atoms with Crippen LogP contribution in [0.25, 0.3) is 0 Å². The van der Waals surface area contributed by atoms with Gasteiger partial charge in [-0.1, -0.05) is 12.1 Å². The third-order valence-corrected chi connectivity index (χ3v) is 6.48. The van der Waals surface area contributed by atoms with Gasteiger partial charge in [-0.05, 0) is 54.8 Å². The Morgan fingerprint density at radius 1 is 1.07 bits per heavy atom. The molecule has 0 amide bonds. The third-order valence-electron chi connectivity index (χ3n) is 5.11. The van der Waals surface area contributed by atoms with E-state index in [9.17, 15) is 0 Å². The van der Waals surface area contributed by atoms with Crippen molar-refractivity contribution < 1.29 is 13.9 Å². The number of aryl methyl sites for hydroxylation is 1. The summed E-state index contributed by atoms with van der Waals surface area (Å²) < 4.78 is 16.3. The van der Waals surface area contributed by atoms with E-state index in [-0.39, 0.29) is 0 Å². The minimum absolute atomic E-state index is 0.317. The summed E-state index contributed by atoms with van der Waals surface area (Å²) in [6.45, 7) is 4.33. The molecule has 0 radical (unpaired) electrons. The van der Waals surface area contributed by atoms with Gasteiger partial charge in [0.1, 0.15) is 0 Å². The van der Waals surface area contributed by atoms with E-state index in [1.807, 2.05) is 30.2 Å². The van der Waals surface area contributed by atoms with Crippen LogP contribution >= 0.6 is 11.8 Å². The molecular weight excluding hydrogens is 358 g/mol. The number of hydrogen-bond acceptors (Lipinski definition) is 5. The predicted molar refractivity (Wildman–Crippen MR) is 107 cm³/mol. The van der Waals surface area contributed by atoms with Crippen molar-refractivity contribution in [3.05, 3.63) is 71.7 Å². The molecular formula is C22H21NO3S. The molecule has 1 atom stereocenters. The lowest BCUT2D eigenvalue weighted by atomic mass is 10.1. The van der Waals surface area contributed by atoms with Gasteiger partial charge in [0.05, 0.1) is 18.2 Å². The molecule has 0 saturated heterocycles. The number of anilines is 1. The van der Waals surface area contributed by atoms with Crippen LogP contribution < -0.4 is 14.4 Å². The lowest BCUT2D eigenvalue weighted by molar-refractivity contribution is 0.174. The fourth-order valence-corrected chi connectivity index (χ4v) is 5.08. The molecule has 5 heteroatoms. The van der Waals surface area contributed by atoms with Crippen LogP contribution in [0.15, 0.2) is 64.3 Å². The van der Waals surface area contributed by atoms with Crippen molar-refractivity contribution in [2.45, 2.75) is 30.0 Å². The van der Waals surface area contributed by atoms with E-state index in [1.54, 1.807) is 6.26 Å². The van der Waals surface area contributed by atoms with E-state index in [0.717, 1.165) is 31.0 Å². The topological polar surface area (TPSA) is 34.8 Å². The fraction of sp³-hybridized carbons (Fsp3) is 0.273. The van der Waals surface area contributed by atoms with Crippen LogP contribution in [0, 0.1) is 6.92 Å². The van der Waals surface area contributed by atoms with E-state index in [0.29, 0.717) is 12.0 Å². The van der Waals surface area contributed by atoms with Gasteiger partial charge >= 0.3 is 0 Å². The molecule has 4 nitrogen and oxygen atoms in total. The minimum Gasteiger partial charge on any atom is -0.472 e. The standard InChI is InChI=1S/C22H21NO3S/c1-15-2-4-18-22(10-15)27-21(6-8-23(18)12-16-7-9-24-13-16)17-3-5-19-20(11-17)26-14-25-19/h2-5,7,9-11,13,21H,6,8,12,14H2,1H3/t21-/m1/s1. The van der Waals surface area contributed by atoms with Crippen molar-refractivity contribution in [2.24, 2.45) is 0 Å². The number of rotatable bonds is 3. The highest BCUT2D eigenvalue weighted by Crippen LogP contribution is 2.47. The largest absolute Gasteiger partial charge is 0.472 e. The molecule has 0 N–H and O–H groups in total. The zero-order valence-corrected chi connectivity index (χ0v) is 16.0. The van der Waals surface area contributed by atoms with Crippen LogP contribution in [0.3, 0.4) is 0 Å². The molecule has 138 valence electrons. The third kappa shape index (κ3) is 3.28. The summed E-state index contributed by atoms with van der Waals surface area (Å²) in [5.41, 5.74) is 5.08. The van der Waals surface area contributed by atoms with Gasteiger partial charge in [-0.3, -0.25) is 0 Å². The zero-order chi connectivity index (χ0) is 18.2. The second-order valence-corrected chi connectivity index (χ2v) is 8.28. The average molecular weight is 379 g/mol. The highest BCUT2D eigenvalue weighted by Gasteiger charge is 2.25. The van der Waals surface area contributed by atoms with Crippen LogP contribution in [0.1, 0.15) is 28.4 Å². The first-order chi connectivity index (χ1) is 13.3. The summed E-state index contributed by atoms with van der Waals surface area (Å²) >= 11 is 1.95. The molecule has 1 aromatic heterocycles. The first-order valence-corrected chi connectivity index (χ1v) is 10.1. The van der Waals surface area contributed by atoms with Crippen molar-refractivity contribution in [1.82, 2.24) is 0 Å². The Morgan fingerprint density at radius 3 is 2.89 bits per heavy atom. The Bertz CT molecular complexity index is 954. The number of fused-ring (bicyclic) bond motifs is 2. The first kappa shape index (κ1) is 16.6. The van der Waals surface area contributed by atoms with Gasteiger partial charge in [-0.15, -0.1) is 11.8 Å². The van der Waals surface area contributed by atoms with E-state index in [1.165, 1.54) is 27.3 Å². The van der Waals surface area contributed by atoms with Crippen LogP contribution in [0.4, 0.5) is 5.69 Å². The molecule has 0 unspecified atom stereocenters. The van der Waals surface area contributed by atoms with Crippen molar-refractivity contribution in [2.75, 3.05) is 18.2 Å². The Morgan fingerprint density at radius 2 is 2.00 bits per heavy atom. The van der Waals surface area contributed by atoms with E-state index in [4.69, 9.17) is 13.9 Å². The van der Waals surface area contributed by atoms with Gasteiger partial charge in [-0.25, -0.2) is 0 Å². The van der Waals surface area contributed by atoms with Crippen molar-refractivity contribution >= 4 is 17.4 Å². The van der Waals surface area contributed by atoms with Gasteiger partial charge in [0, 0.05) is 28.8 Å². The maximum Gasteiger partial charge on any atom is 0.231 e. The van der Waals surface area contributed by atoms with E-state index < -0.39 is 0 Å². The molecule has 3 aromatic rings. The molecule has 0 bridgehead atoms. The maximum atomic E-state index is 5.59. The van der Waals surface area contributed by atoms with Gasteiger partial charge in [-0.2, -0.15) is 0 Å². The summed E-state index contributed by atoms with van der Waals surface area (Å²) in [5, 5.41) is 0.384. The van der Waals surface area contributed by atoms with Crippen LogP contribution in [-0.4, -0.2) is 13.3 Å². The smallest absolute Gasteiger partial charge is 0.231 e. The van der Waals surface area contributed by atoms with E-state index >= 15 is 0 Å². The zero-order valence-electron chi connectivity index (χ0n) is 15.2. The number of thioether (sulfide) groups is 1. The van der Waals surface area contributed by atoms with Gasteiger partial charge in [0.15, 0.2) is 11.5 Å². The SMILES string of the molecule is Cc1ccc2c(c1)S[C@@H](c1ccc3c(c1)OCO3)CCN2Cc1ccoc1. The molecule has 3 heterocycles. The normalized spacial score (nSPS) is 18.3. The molecule has 2 aliphatic heterocycles. The molecule has 27 heavy (non-hydrogen) atoms. The van der Waals surface area contributed by atoms with Crippen molar-refractivity contribution in [3.63, 3.8) is 0 Å². The number of hydrogen-bond donors (Lipinski definition) is 0. The molecule has 0 aliphatic carbocycles. The lowest BCUT2D eigenvalue weighted by Crippen LogP contribution is -2.23. The summed E-state index contributed by atoms with van der Waals surface area (Å²) in [7, 11) is 0. The van der Waals surface area contributed by atoms with Crippen LogP contribution in [0.2, 0.25) is 0 Å². The highest BCUT2D eigenvalue weighted by atomic mass is 32.2. The second kappa shape index (κ2) is 6.89. The van der Waals surface area contributed by atoms with Gasteiger partial charge in [0.2, 0.25) is 6.79 Å². The molecule has 0 spiro atoms. The molecule has 0 saturated carbocycles. The van der Waals surface area contributed by atoms with Crippen LogP contribution in [0.5, 0.6) is 11.5 Å². The summed E-state index contributed by atoms with van der Waals surface area (Å²) in [6, 6.07) is 15.1. The summed E-state index contributed by atoms with van der Waals surface area (Å²) in [6.07, 6.45) is 4.64. The number of ether oxygens (including phenoxy) is 2. The Hall–Kier alpha value is -2.53. The Labute approximate surface area is 163 Å². The van der Waals surface area contributed by atoms with E-state index in [2.05, 4.69) is 42.2 Å². The highest BCUT2D eigenvalue weighted by molar-refractivity contribution is 7.99. The Balaban J connectivity index is 1.47. The fourth-order valence-electron chi connectivity index (χ4n) is 3.70. The monoisotopic (exact) mass is 379 g/mol. The van der Waals surface area contributed by atoms with Crippen LogP contribution in [-0.2, 0) is 6.54 Å². The summed E-state index contributed by atoms with van der Waals surface area (Å²) in [5.74, 6) is 1.70. The number of furan rings is 1. The second-order valence-electron chi connectivity index (χ2n) is 7.03. The number of nitrogens with zero attached hydrogens (tertiary/aromatic N) is 1. The summed E-state index contributed by atoms with van der Waals surface area (Å²) in [4.78, 5) is 3.79. The predicted octanol–water partition coefficient (Wildman–Crippen LogP) is 5.56. The molecule has 5 rings (SSSR count). The van der Waals surface area contributed by atoms with Gasteiger partial charge < -0.3 is 18.8 Å². The first-order valence-electron chi connectivity index (χ1n) is 9.19. The lowest BCUT2D eigenvalue weighted by Gasteiger charge is -2.24.